The van der Waals surface area contributed by atoms with Crippen LogP contribution in [0.1, 0.15) is 22.4 Å². The Bertz CT molecular complexity index is 628. The van der Waals surface area contributed by atoms with Gasteiger partial charge in [0.05, 0.1) is 14.8 Å². The van der Waals surface area contributed by atoms with Crippen molar-refractivity contribution >= 4 is 17.0 Å². The molecule has 0 atom stereocenters. The summed E-state index contributed by atoms with van der Waals surface area (Å²) in [6.07, 6.45) is 1.73. The molecular formula is C14H17N3O3S. The minimum Gasteiger partial charge on any atom is -0.481 e. The highest BCUT2D eigenvalue weighted by Crippen LogP contribution is 2.29. The maximum atomic E-state index is 11.1. The smallest absolute Gasteiger partial charge is 0.310 e. The largest absolute Gasteiger partial charge is 0.481 e. The molecule has 0 saturated carbocycles. The Morgan fingerprint density at radius 2 is 2.29 bits per heavy atom. The van der Waals surface area contributed by atoms with Crippen molar-refractivity contribution in [1.29, 1.82) is 0 Å². The minimum absolute atomic E-state index is 0.0171. The molecule has 1 heterocycles. The van der Waals surface area contributed by atoms with Gasteiger partial charge in [-0.15, -0.1) is 11.3 Å². The molecule has 0 spiro atoms. The average molecular weight is 307 g/mol. The van der Waals surface area contributed by atoms with Crippen LogP contribution in [0.3, 0.4) is 0 Å². The van der Waals surface area contributed by atoms with Crippen molar-refractivity contribution in [2.45, 2.75) is 27.0 Å². The molecule has 2 aromatic rings. The van der Waals surface area contributed by atoms with Crippen molar-refractivity contribution in [2.75, 3.05) is 6.54 Å². The zero-order valence-corrected chi connectivity index (χ0v) is 12.8. The molecule has 1 aromatic carbocycles. The van der Waals surface area contributed by atoms with Crippen LogP contribution in [0.15, 0.2) is 24.4 Å². The van der Waals surface area contributed by atoms with Gasteiger partial charge in [0.2, 0.25) is 0 Å². The monoisotopic (exact) mass is 307 g/mol. The van der Waals surface area contributed by atoms with E-state index < -0.39 is 4.92 Å². The minimum atomic E-state index is -0.426. The van der Waals surface area contributed by atoms with E-state index in [0.29, 0.717) is 12.3 Å². The number of ether oxygens (including phenoxy) is 1. The average Bonchev–Trinajstić information content (AvgIpc) is 2.88. The van der Waals surface area contributed by atoms with E-state index >= 15 is 0 Å². The topological polar surface area (TPSA) is 77.3 Å². The van der Waals surface area contributed by atoms with Crippen molar-refractivity contribution in [3.8, 4) is 5.75 Å². The zero-order valence-electron chi connectivity index (χ0n) is 12.0. The summed E-state index contributed by atoms with van der Waals surface area (Å²) < 4.78 is 5.62. The first-order chi connectivity index (χ1) is 10.1. The highest BCUT2D eigenvalue weighted by molar-refractivity contribution is 7.11. The summed E-state index contributed by atoms with van der Waals surface area (Å²) in [4.78, 5) is 15.7. The number of nitrogens with one attached hydrogen (secondary N) is 1. The lowest BCUT2D eigenvalue weighted by molar-refractivity contribution is -0.386. The first kappa shape index (κ1) is 15.4. The van der Waals surface area contributed by atoms with E-state index in [0.717, 1.165) is 22.0 Å². The predicted octanol–water partition coefficient (Wildman–Crippen LogP) is 3.05. The number of hydrogen-bond donors (Lipinski definition) is 1. The van der Waals surface area contributed by atoms with Gasteiger partial charge in [0.15, 0.2) is 5.75 Å². The molecule has 1 aromatic heterocycles. The standard InChI is InChI=1S/C14H17N3O3S/c1-3-15-7-11-4-5-13(17(18)19)14(6-11)20-9-12-8-16-10(2)21-12/h4-6,8,15H,3,7,9H2,1-2H3. The van der Waals surface area contributed by atoms with E-state index in [1.165, 1.54) is 17.4 Å². The second kappa shape index (κ2) is 7.14. The van der Waals surface area contributed by atoms with Gasteiger partial charge in [-0.3, -0.25) is 10.1 Å². The van der Waals surface area contributed by atoms with E-state index in [-0.39, 0.29) is 12.3 Å². The first-order valence-electron chi connectivity index (χ1n) is 6.62. The highest BCUT2D eigenvalue weighted by atomic mass is 32.1. The number of benzene rings is 1. The molecule has 0 aliphatic rings. The van der Waals surface area contributed by atoms with Gasteiger partial charge in [-0.05, 0) is 25.1 Å². The van der Waals surface area contributed by atoms with Gasteiger partial charge in [-0.2, -0.15) is 0 Å². The van der Waals surface area contributed by atoms with Gasteiger partial charge in [0.25, 0.3) is 0 Å². The van der Waals surface area contributed by atoms with Gasteiger partial charge >= 0.3 is 5.69 Å². The van der Waals surface area contributed by atoms with Crippen molar-refractivity contribution < 1.29 is 9.66 Å². The van der Waals surface area contributed by atoms with Crippen molar-refractivity contribution in [3.63, 3.8) is 0 Å². The van der Waals surface area contributed by atoms with Crippen LogP contribution < -0.4 is 10.1 Å². The van der Waals surface area contributed by atoms with Crippen LogP contribution in [0, 0.1) is 17.0 Å². The van der Waals surface area contributed by atoms with Crippen LogP contribution >= 0.6 is 11.3 Å². The Morgan fingerprint density at radius 1 is 1.48 bits per heavy atom. The molecule has 0 fully saturated rings. The normalized spacial score (nSPS) is 10.6. The Hall–Kier alpha value is -1.99. The highest BCUT2D eigenvalue weighted by Gasteiger charge is 2.16. The van der Waals surface area contributed by atoms with Crippen LogP contribution in [-0.4, -0.2) is 16.5 Å². The van der Waals surface area contributed by atoms with Gasteiger partial charge in [0.1, 0.15) is 6.61 Å². The quantitative estimate of drug-likeness (QED) is 0.628. The molecule has 112 valence electrons. The van der Waals surface area contributed by atoms with Gasteiger partial charge in [-0.25, -0.2) is 4.98 Å². The molecule has 0 saturated heterocycles. The molecule has 0 amide bonds. The van der Waals surface area contributed by atoms with Crippen LogP contribution in [0.25, 0.3) is 0 Å². The molecule has 0 radical (unpaired) electrons. The number of aromatic nitrogens is 1. The molecular weight excluding hydrogens is 290 g/mol. The SMILES string of the molecule is CCNCc1ccc([N+](=O)[O-])c(OCc2cnc(C)s2)c1. The molecule has 21 heavy (non-hydrogen) atoms. The Kier molecular flexibility index (Phi) is 5.24. The Balaban J connectivity index is 2.15. The molecule has 2 rings (SSSR count). The molecule has 0 bridgehead atoms. The molecule has 0 aliphatic carbocycles. The van der Waals surface area contributed by atoms with E-state index in [2.05, 4.69) is 10.3 Å². The number of nitrogens with zero attached hydrogens (tertiary/aromatic N) is 2. The molecule has 1 N–H and O–H groups in total. The lowest BCUT2D eigenvalue weighted by Crippen LogP contribution is -2.12. The molecule has 7 heteroatoms. The Morgan fingerprint density at radius 3 is 2.90 bits per heavy atom. The number of thiazole rings is 1. The number of nitro groups is 1. The van der Waals surface area contributed by atoms with Crippen molar-refractivity contribution in [3.05, 3.63) is 50.0 Å². The summed E-state index contributed by atoms with van der Waals surface area (Å²) >= 11 is 1.52. The second-order valence-corrected chi connectivity index (χ2v) is 5.79. The van der Waals surface area contributed by atoms with E-state index in [4.69, 9.17) is 4.74 Å². The van der Waals surface area contributed by atoms with Crippen LogP contribution in [0.2, 0.25) is 0 Å². The number of aryl methyl sites for hydroxylation is 1. The lowest BCUT2D eigenvalue weighted by Gasteiger charge is -2.08. The van der Waals surface area contributed by atoms with Crippen molar-refractivity contribution in [2.24, 2.45) is 0 Å². The number of hydrogen-bond acceptors (Lipinski definition) is 6. The summed E-state index contributed by atoms with van der Waals surface area (Å²) in [7, 11) is 0. The Labute approximate surface area is 126 Å². The van der Waals surface area contributed by atoms with Gasteiger partial charge in [0, 0.05) is 18.8 Å². The van der Waals surface area contributed by atoms with Crippen molar-refractivity contribution in [1.82, 2.24) is 10.3 Å². The molecule has 0 unspecified atom stereocenters. The van der Waals surface area contributed by atoms with E-state index in [9.17, 15) is 10.1 Å². The van der Waals surface area contributed by atoms with Gasteiger partial charge in [-0.1, -0.05) is 13.0 Å². The third kappa shape index (κ3) is 4.24. The second-order valence-electron chi connectivity index (χ2n) is 4.47. The zero-order chi connectivity index (χ0) is 15.2. The van der Waals surface area contributed by atoms with Crippen LogP contribution in [0.4, 0.5) is 5.69 Å². The fraction of sp³-hybridized carbons (Fsp3) is 0.357. The maximum Gasteiger partial charge on any atom is 0.310 e. The first-order valence-corrected chi connectivity index (χ1v) is 7.44. The summed E-state index contributed by atoms with van der Waals surface area (Å²) in [5.74, 6) is 0.293. The predicted molar refractivity (Wildman–Crippen MR) is 81.7 cm³/mol. The van der Waals surface area contributed by atoms with Crippen LogP contribution in [0.5, 0.6) is 5.75 Å². The van der Waals surface area contributed by atoms with E-state index in [1.54, 1.807) is 18.3 Å². The maximum absolute atomic E-state index is 11.1. The lowest BCUT2D eigenvalue weighted by atomic mass is 10.2. The molecule has 0 aliphatic heterocycles. The fourth-order valence-electron chi connectivity index (χ4n) is 1.83. The number of nitro benzene ring substituents is 1. The van der Waals surface area contributed by atoms with E-state index in [1.807, 2.05) is 13.8 Å². The third-order valence-electron chi connectivity index (χ3n) is 2.84. The third-order valence-corrected chi connectivity index (χ3v) is 3.73. The summed E-state index contributed by atoms with van der Waals surface area (Å²) in [5.41, 5.74) is 0.939. The summed E-state index contributed by atoms with van der Waals surface area (Å²) in [5, 5.41) is 15.2. The fourth-order valence-corrected chi connectivity index (χ4v) is 2.53. The summed E-state index contributed by atoms with van der Waals surface area (Å²) in [6, 6.07) is 4.94. The number of rotatable bonds is 7. The molecule has 6 nitrogen and oxygen atoms in total. The van der Waals surface area contributed by atoms with Crippen LogP contribution in [-0.2, 0) is 13.2 Å². The summed E-state index contributed by atoms with van der Waals surface area (Å²) in [6.45, 7) is 5.71. The van der Waals surface area contributed by atoms with Gasteiger partial charge < -0.3 is 10.1 Å².